The van der Waals surface area contributed by atoms with Crippen LogP contribution >= 0.6 is 0 Å². The smallest absolute Gasteiger partial charge is 0.438 e. The van der Waals surface area contributed by atoms with Gasteiger partial charge in [-0.25, -0.2) is 4.79 Å². The SMILES string of the molecule is C#CC(CCCCC)OC(=O)OC. The van der Waals surface area contributed by atoms with Crippen LogP contribution in [0.1, 0.15) is 32.6 Å². The van der Waals surface area contributed by atoms with E-state index in [0.29, 0.717) is 6.42 Å². The van der Waals surface area contributed by atoms with Gasteiger partial charge in [0.2, 0.25) is 0 Å². The molecule has 0 aromatic heterocycles. The Labute approximate surface area is 79.4 Å². The minimum atomic E-state index is -0.709. The van der Waals surface area contributed by atoms with Crippen LogP contribution in [0.15, 0.2) is 0 Å². The number of carbonyl (C=O) groups is 1. The lowest BCUT2D eigenvalue weighted by atomic mass is 10.1. The molecule has 0 aliphatic rings. The number of hydrogen-bond donors (Lipinski definition) is 0. The van der Waals surface area contributed by atoms with Crippen LogP contribution in [0.2, 0.25) is 0 Å². The highest BCUT2D eigenvalue weighted by Gasteiger charge is 2.10. The van der Waals surface area contributed by atoms with Crippen molar-refractivity contribution < 1.29 is 14.3 Å². The zero-order chi connectivity index (χ0) is 10.1. The van der Waals surface area contributed by atoms with Gasteiger partial charge >= 0.3 is 6.16 Å². The normalized spacial score (nSPS) is 11.5. The first-order valence-corrected chi connectivity index (χ1v) is 4.45. The molecule has 0 saturated heterocycles. The van der Waals surface area contributed by atoms with Crippen LogP contribution in [-0.2, 0) is 9.47 Å². The molecule has 0 amide bonds. The van der Waals surface area contributed by atoms with Crippen molar-refractivity contribution in [3.8, 4) is 12.3 Å². The summed E-state index contributed by atoms with van der Waals surface area (Å²) in [5, 5.41) is 0. The molecular weight excluding hydrogens is 168 g/mol. The van der Waals surface area contributed by atoms with E-state index in [9.17, 15) is 4.79 Å². The Morgan fingerprint density at radius 3 is 2.69 bits per heavy atom. The van der Waals surface area contributed by atoms with Crippen LogP contribution in [0.5, 0.6) is 0 Å². The largest absolute Gasteiger partial charge is 0.509 e. The van der Waals surface area contributed by atoms with Gasteiger partial charge in [-0.1, -0.05) is 25.7 Å². The molecule has 74 valence electrons. The number of carbonyl (C=O) groups excluding carboxylic acids is 1. The zero-order valence-electron chi connectivity index (χ0n) is 8.21. The fourth-order valence-electron chi connectivity index (χ4n) is 0.920. The van der Waals surface area contributed by atoms with E-state index in [1.165, 1.54) is 7.11 Å². The second kappa shape index (κ2) is 7.48. The van der Waals surface area contributed by atoms with Gasteiger partial charge in [-0.15, -0.1) is 6.42 Å². The summed E-state index contributed by atoms with van der Waals surface area (Å²) in [6, 6.07) is 0. The lowest BCUT2D eigenvalue weighted by molar-refractivity contribution is 0.0522. The molecule has 0 aliphatic carbocycles. The fraction of sp³-hybridized carbons (Fsp3) is 0.700. The van der Waals surface area contributed by atoms with E-state index in [0.717, 1.165) is 19.3 Å². The fourth-order valence-corrected chi connectivity index (χ4v) is 0.920. The van der Waals surface area contributed by atoms with Crippen molar-refractivity contribution in [3.63, 3.8) is 0 Å². The van der Waals surface area contributed by atoms with E-state index in [-0.39, 0.29) is 0 Å². The van der Waals surface area contributed by atoms with Crippen molar-refractivity contribution in [2.75, 3.05) is 7.11 Å². The second-order valence-electron chi connectivity index (χ2n) is 2.72. The van der Waals surface area contributed by atoms with Crippen LogP contribution in [0, 0.1) is 12.3 Å². The lowest BCUT2D eigenvalue weighted by Gasteiger charge is -2.10. The Morgan fingerprint density at radius 2 is 2.23 bits per heavy atom. The van der Waals surface area contributed by atoms with E-state index in [4.69, 9.17) is 11.2 Å². The van der Waals surface area contributed by atoms with Gasteiger partial charge in [0.05, 0.1) is 7.11 Å². The molecule has 1 atom stereocenters. The van der Waals surface area contributed by atoms with E-state index in [2.05, 4.69) is 17.6 Å². The third-order valence-corrected chi connectivity index (χ3v) is 1.66. The maximum Gasteiger partial charge on any atom is 0.509 e. The maximum absolute atomic E-state index is 10.7. The van der Waals surface area contributed by atoms with Gasteiger partial charge in [-0.2, -0.15) is 0 Å². The number of terminal acetylenes is 1. The molecule has 0 bridgehead atoms. The van der Waals surface area contributed by atoms with Gasteiger partial charge in [0, 0.05) is 0 Å². The molecule has 0 rings (SSSR count). The van der Waals surface area contributed by atoms with Gasteiger partial charge in [0.15, 0.2) is 6.10 Å². The molecule has 0 heterocycles. The van der Waals surface area contributed by atoms with Crippen molar-refractivity contribution in [1.29, 1.82) is 0 Å². The number of methoxy groups -OCH3 is 1. The molecule has 0 aromatic carbocycles. The highest BCUT2D eigenvalue weighted by atomic mass is 16.7. The Bertz CT molecular complexity index is 181. The molecule has 3 heteroatoms. The van der Waals surface area contributed by atoms with E-state index < -0.39 is 12.3 Å². The van der Waals surface area contributed by atoms with Crippen LogP contribution in [-0.4, -0.2) is 19.4 Å². The Balaban J connectivity index is 3.65. The number of rotatable bonds is 5. The summed E-state index contributed by atoms with van der Waals surface area (Å²) in [6.45, 7) is 2.10. The van der Waals surface area contributed by atoms with Gasteiger partial charge in [0.25, 0.3) is 0 Å². The van der Waals surface area contributed by atoms with Crippen molar-refractivity contribution in [2.45, 2.75) is 38.7 Å². The van der Waals surface area contributed by atoms with Crippen molar-refractivity contribution >= 4 is 6.16 Å². The molecule has 13 heavy (non-hydrogen) atoms. The average molecular weight is 184 g/mol. The monoisotopic (exact) mass is 184 g/mol. The molecule has 0 radical (unpaired) electrons. The summed E-state index contributed by atoms with van der Waals surface area (Å²) in [7, 11) is 1.27. The van der Waals surface area contributed by atoms with Crippen molar-refractivity contribution in [3.05, 3.63) is 0 Å². The van der Waals surface area contributed by atoms with Gasteiger partial charge < -0.3 is 9.47 Å². The average Bonchev–Trinajstić information content (AvgIpc) is 2.16. The molecule has 0 aromatic rings. The first-order chi connectivity index (χ1) is 6.24. The topological polar surface area (TPSA) is 35.5 Å². The predicted molar refractivity (Wildman–Crippen MR) is 50.3 cm³/mol. The summed E-state index contributed by atoms with van der Waals surface area (Å²) in [5.41, 5.74) is 0. The van der Waals surface area contributed by atoms with Gasteiger partial charge in [-0.05, 0) is 12.8 Å². The van der Waals surface area contributed by atoms with Crippen LogP contribution in [0.3, 0.4) is 0 Å². The Morgan fingerprint density at radius 1 is 1.54 bits per heavy atom. The molecular formula is C10H16O3. The van der Waals surface area contributed by atoms with E-state index >= 15 is 0 Å². The summed E-state index contributed by atoms with van der Waals surface area (Å²) < 4.78 is 9.13. The summed E-state index contributed by atoms with van der Waals surface area (Å²) in [6.07, 6.45) is 7.92. The standard InChI is InChI=1S/C10H16O3/c1-4-6-7-8-9(5-2)13-10(11)12-3/h2,9H,4,6-8H2,1,3H3. The quantitative estimate of drug-likeness (QED) is 0.374. The Kier molecular flexibility index (Phi) is 6.80. The first-order valence-electron chi connectivity index (χ1n) is 4.45. The molecule has 0 fully saturated rings. The minimum absolute atomic E-state index is 0.445. The van der Waals surface area contributed by atoms with Crippen molar-refractivity contribution in [1.82, 2.24) is 0 Å². The second-order valence-corrected chi connectivity index (χ2v) is 2.72. The first kappa shape index (κ1) is 11.8. The number of unbranched alkanes of at least 4 members (excludes halogenated alkanes) is 2. The lowest BCUT2D eigenvalue weighted by Crippen LogP contribution is -2.16. The molecule has 0 N–H and O–H groups in total. The van der Waals surface area contributed by atoms with Crippen molar-refractivity contribution in [2.24, 2.45) is 0 Å². The summed E-state index contributed by atoms with van der Waals surface area (Å²) in [5.74, 6) is 2.40. The van der Waals surface area contributed by atoms with Gasteiger partial charge in [0.1, 0.15) is 0 Å². The minimum Gasteiger partial charge on any atom is -0.438 e. The van der Waals surface area contributed by atoms with Crippen LogP contribution < -0.4 is 0 Å². The number of hydrogen-bond acceptors (Lipinski definition) is 3. The van der Waals surface area contributed by atoms with Crippen LogP contribution in [0.25, 0.3) is 0 Å². The third-order valence-electron chi connectivity index (χ3n) is 1.66. The zero-order valence-corrected chi connectivity index (χ0v) is 8.21. The highest BCUT2D eigenvalue weighted by Crippen LogP contribution is 2.06. The molecule has 0 spiro atoms. The number of ether oxygens (including phenoxy) is 2. The van der Waals surface area contributed by atoms with Crippen LogP contribution in [0.4, 0.5) is 4.79 Å². The molecule has 0 saturated carbocycles. The Hall–Kier alpha value is -1.17. The third kappa shape index (κ3) is 6.03. The highest BCUT2D eigenvalue weighted by molar-refractivity contribution is 5.60. The molecule has 3 nitrogen and oxygen atoms in total. The molecule has 0 aliphatic heterocycles. The molecule has 1 unspecified atom stereocenters. The predicted octanol–water partition coefficient (Wildman–Crippen LogP) is 2.35. The van der Waals surface area contributed by atoms with E-state index in [1.807, 2.05) is 0 Å². The van der Waals surface area contributed by atoms with Gasteiger partial charge in [-0.3, -0.25) is 0 Å². The summed E-state index contributed by atoms with van der Waals surface area (Å²) >= 11 is 0. The summed E-state index contributed by atoms with van der Waals surface area (Å²) in [4.78, 5) is 10.7. The maximum atomic E-state index is 10.7. The van der Waals surface area contributed by atoms with E-state index in [1.54, 1.807) is 0 Å².